The fraction of sp³-hybridized carbons (Fsp3) is 0.121. The molecule has 1 aromatic heterocycles. The molecule has 0 aliphatic carbocycles. The molecule has 0 atom stereocenters. The van der Waals surface area contributed by atoms with E-state index in [1.807, 2.05) is 0 Å². The van der Waals surface area contributed by atoms with Gasteiger partial charge in [0.1, 0.15) is 0 Å². The van der Waals surface area contributed by atoms with Gasteiger partial charge < -0.3 is 9.47 Å². The summed E-state index contributed by atoms with van der Waals surface area (Å²) in [5.74, 6) is 0. The largest absolute Gasteiger partial charge is 0.309 e. The Kier molecular flexibility index (Phi) is 10.7. The van der Waals surface area contributed by atoms with Crippen LogP contribution in [0.5, 0.6) is 0 Å². The highest BCUT2D eigenvalue weighted by Gasteiger charge is 2.26. The fourth-order valence-electron chi connectivity index (χ4n) is 10.2. The Morgan fingerprint density at radius 1 is 0.338 bits per heavy atom. The molecule has 10 aromatic carbocycles. The minimum Gasteiger partial charge on any atom is -0.309 e. The van der Waals surface area contributed by atoms with Crippen molar-refractivity contribution in [2.24, 2.45) is 0 Å². The molecule has 0 radical (unpaired) electrons. The number of para-hydroxylation sites is 4. The van der Waals surface area contributed by atoms with Gasteiger partial charge >= 0.3 is 0 Å². The van der Waals surface area contributed by atoms with Gasteiger partial charge in [-0.25, -0.2) is 0 Å². The van der Waals surface area contributed by atoms with Crippen molar-refractivity contribution in [3.05, 3.63) is 242 Å². The highest BCUT2D eigenvalue weighted by molar-refractivity contribution is 6.16. The third kappa shape index (κ3) is 7.66. The number of anilines is 3. The zero-order valence-corrected chi connectivity index (χ0v) is 39.8. The second-order valence-electron chi connectivity index (χ2n) is 20.2. The minimum atomic E-state index is -0.0336. The lowest BCUT2D eigenvalue weighted by Crippen LogP contribution is -2.17. The van der Waals surface area contributed by atoms with Crippen LogP contribution >= 0.6 is 0 Å². The van der Waals surface area contributed by atoms with E-state index in [0.29, 0.717) is 0 Å². The average molecular weight is 877 g/mol. The van der Waals surface area contributed by atoms with E-state index in [4.69, 9.17) is 0 Å². The van der Waals surface area contributed by atoms with Crippen molar-refractivity contribution >= 4 is 49.6 Å². The summed E-state index contributed by atoms with van der Waals surface area (Å²) < 4.78 is 2.40. The summed E-state index contributed by atoms with van der Waals surface area (Å²) in [6.07, 6.45) is 0. The summed E-state index contributed by atoms with van der Waals surface area (Å²) in [5, 5.41) is 4.96. The summed E-state index contributed by atoms with van der Waals surface area (Å²) in [5.41, 5.74) is 19.0. The van der Waals surface area contributed by atoms with Gasteiger partial charge in [0.15, 0.2) is 0 Å². The van der Waals surface area contributed by atoms with Crippen LogP contribution in [0.15, 0.2) is 231 Å². The maximum atomic E-state index is 2.50. The van der Waals surface area contributed by atoms with Crippen LogP contribution in [-0.2, 0) is 10.8 Å². The molecule has 0 aliphatic heterocycles. The van der Waals surface area contributed by atoms with E-state index >= 15 is 0 Å². The molecular weight excluding hydrogens is 821 g/mol. The molecule has 0 saturated heterocycles. The van der Waals surface area contributed by atoms with E-state index in [1.54, 1.807) is 0 Å². The Hall–Kier alpha value is -7.94. The van der Waals surface area contributed by atoms with Crippen LogP contribution in [0, 0.1) is 0 Å². The summed E-state index contributed by atoms with van der Waals surface area (Å²) in [6.45, 7) is 13.9. The second kappa shape index (κ2) is 17.0. The summed E-state index contributed by atoms with van der Waals surface area (Å²) >= 11 is 0. The Bertz CT molecular complexity index is 3580. The predicted octanol–water partition coefficient (Wildman–Crippen LogP) is 18.7. The number of benzene rings is 10. The van der Waals surface area contributed by atoms with E-state index in [2.05, 4.69) is 282 Å². The number of rotatable bonds is 8. The molecule has 0 bridgehead atoms. The third-order valence-electron chi connectivity index (χ3n) is 13.7. The molecule has 0 unspecified atom stereocenters. The molecule has 330 valence electrons. The first kappa shape index (κ1) is 42.7. The standard InChI is InChI=1S/C66H56N2/c1-65(2,3)49-42-48(43-50(44-49)66(4,5)6)53-28-13-16-34-59(53)67(60-35-17-14-29-56(60)57-33-20-25-47-24-19-31-54(63(47)57)45-22-9-7-10-23-45)52-40-38-46(39-41-52)55-32-21-37-62-64(55)58-30-15-18-36-61(58)68(62)51-26-11-8-12-27-51/h7-44H,1-6H3. The van der Waals surface area contributed by atoms with Crippen molar-refractivity contribution in [2.75, 3.05) is 4.90 Å². The number of aromatic nitrogens is 1. The highest BCUT2D eigenvalue weighted by Crippen LogP contribution is 2.48. The average Bonchev–Trinajstić information content (AvgIpc) is 3.71. The summed E-state index contributed by atoms with van der Waals surface area (Å²) in [7, 11) is 0. The van der Waals surface area contributed by atoms with Crippen molar-refractivity contribution in [1.29, 1.82) is 0 Å². The van der Waals surface area contributed by atoms with Crippen molar-refractivity contribution in [3.8, 4) is 50.2 Å². The normalized spacial score (nSPS) is 12.0. The zero-order valence-electron chi connectivity index (χ0n) is 39.8. The van der Waals surface area contributed by atoms with Crippen LogP contribution in [-0.4, -0.2) is 4.57 Å². The molecule has 0 fully saturated rings. The SMILES string of the molecule is CC(C)(C)c1cc(-c2ccccc2N(c2ccc(-c3cccc4c3c3ccccc3n4-c3ccccc3)cc2)c2ccccc2-c2cccc3cccc(-c4ccccc4)c23)cc(C(C)(C)C)c1. The van der Waals surface area contributed by atoms with E-state index in [9.17, 15) is 0 Å². The first-order chi connectivity index (χ1) is 33.0. The molecule has 11 rings (SSSR count). The number of nitrogens with zero attached hydrogens (tertiary/aromatic N) is 2. The monoisotopic (exact) mass is 876 g/mol. The quantitative estimate of drug-likeness (QED) is 0.148. The molecule has 0 aliphatic rings. The fourth-order valence-corrected chi connectivity index (χ4v) is 10.2. The number of fused-ring (bicyclic) bond motifs is 4. The van der Waals surface area contributed by atoms with Crippen LogP contribution in [0.4, 0.5) is 17.1 Å². The van der Waals surface area contributed by atoms with Gasteiger partial charge in [-0.15, -0.1) is 0 Å². The lowest BCUT2D eigenvalue weighted by molar-refractivity contribution is 0.569. The van der Waals surface area contributed by atoms with Gasteiger partial charge in [-0.05, 0) is 115 Å². The van der Waals surface area contributed by atoms with Crippen LogP contribution in [0.2, 0.25) is 0 Å². The Labute approximate surface area is 401 Å². The van der Waals surface area contributed by atoms with Gasteiger partial charge in [0.05, 0.1) is 22.4 Å². The minimum absolute atomic E-state index is 0.0336. The van der Waals surface area contributed by atoms with Crippen LogP contribution in [0.3, 0.4) is 0 Å². The first-order valence-corrected chi connectivity index (χ1v) is 23.9. The van der Waals surface area contributed by atoms with Crippen molar-refractivity contribution < 1.29 is 0 Å². The lowest BCUT2D eigenvalue weighted by atomic mass is 9.78. The van der Waals surface area contributed by atoms with Gasteiger partial charge in [0, 0.05) is 33.3 Å². The Morgan fingerprint density at radius 2 is 0.824 bits per heavy atom. The van der Waals surface area contributed by atoms with Gasteiger partial charge in [-0.2, -0.15) is 0 Å². The highest BCUT2D eigenvalue weighted by atomic mass is 15.1. The van der Waals surface area contributed by atoms with Gasteiger partial charge in [0.2, 0.25) is 0 Å². The number of hydrogen-bond donors (Lipinski definition) is 0. The molecule has 1 heterocycles. The summed E-state index contributed by atoms with van der Waals surface area (Å²) in [6, 6.07) is 85.0. The van der Waals surface area contributed by atoms with Crippen LogP contribution < -0.4 is 4.90 Å². The molecule has 2 nitrogen and oxygen atoms in total. The topological polar surface area (TPSA) is 8.17 Å². The first-order valence-electron chi connectivity index (χ1n) is 23.9. The molecule has 2 heteroatoms. The third-order valence-corrected chi connectivity index (χ3v) is 13.7. The molecule has 11 aromatic rings. The molecule has 68 heavy (non-hydrogen) atoms. The Morgan fingerprint density at radius 3 is 1.49 bits per heavy atom. The molecule has 0 amide bonds. The second-order valence-corrected chi connectivity index (χ2v) is 20.2. The maximum Gasteiger partial charge on any atom is 0.0547 e. The molecule has 0 N–H and O–H groups in total. The van der Waals surface area contributed by atoms with Crippen molar-refractivity contribution in [2.45, 2.75) is 52.4 Å². The zero-order chi connectivity index (χ0) is 46.6. The van der Waals surface area contributed by atoms with Crippen molar-refractivity contribution in [3.63, 3.8) is 0 Å². The molecule has 0 saturated carbocycles. The van der Waals surface area contributed by atoms with E-state index in [0.717, 1.165) is 28.3 Å². The Balaban J connectivity index is 1.15. The summed E-state index contributed by atoms with van der Waals surface area (Å²) in [4.78, 5) is 2.50. The van der Waals surface area contributed by atoms with Crippen molar-refractivity contribution in [1.82, 2.24) is 4.57 Å². The molecule has 0 spiro atoms. The van der Waals surface area contributed by atoms with E-state index in [-0.39, 0.29) is 10.8 Å². The smallest absolute Gasteiger partial charge is 0.0547 e. The van der Waals surface area contributed by atoms with Crippen LogP contribution in [0.1, 0.15) is 52.7 Å². The maximum absolute atomic E-state index is 2.50. The van der Waals surface area contributed by atoms with E-state index < -0.39 is 0 Å². The van der Waals surface area contributed by atoms with Crippen LogP contribution in [0.25, 0.3) is 82.8 Å². The van der Waals surface area contributed by atoms with Gasteiger partial charge in [0.25, 0.3) is 0 Å². The number of hydrogen-bond acceptors (Lipinski definition) is 1. The molecular formula is C66H56N2. The van der Waals surface area contributed by atoms with Gasteiger partial charge in [-0.3, -0.25) is 0 Å². The van der Waals surface area contributed by atoms with E-state index in [1.165, 1.54) is 82.6 Å². The van der Waals surface area contributed by atoms with Gasteiger partial charge in [-0.1, -0.05) is 224 Å². The predicted molar refractivity (Wildman–Crippen MR) is 292 cm³/mol. The lowest BCUT2D eigenvalue weighted by Gasteiger charge is -2.31.